The number of carbonyl (C=O) groups excluding carboxylic acids is 4. The highest BCUT2D eigenvalue weighted by Crippen LogP contribution is 2.45. The van der Waals surface area contributed by atoms with Gasteiger partial charge in [-0.25, -0.2) is 9.13 Å². The number of rotatable bonds is 78. The number of hydrogen-bond donors (Lipinski definition) is 3. The monoisotopic (exact) mass is 1480 g/mol. The Morgan fingerprint density at radius 3 is 0.881 bits per heavy atom. The molecule has 0 spiro atoms. The van der Waals surface area contributed by atoms with Crippen LogP contribution >= 0.6 is 15.6 Å². The third kappa shape index (κ3) is 74.2. The fourth-order valence-electron chi connectivity index (χ4n) is 12.1. The smallest absolute Gasteiger partial charge is 0.462 e. The summed E-state index contributed by atoms with van der Waals surface area (Å²) in [7, 11) is -9.93. The van der Waals surface area contributed by atoms with Gasteiger partial charge in [-0.15, -0.1) is 0 Å². The molecule has 0 aromatic carbocycles. The van der Waals surface area contributed by atoms with Crippen LogP contribution in [0.15, 0.2) is 24.3 Å². The summed E-state index contributed by atoms with van der Waals surface area (Å²) < 4.78 is 68.6. The van der Waals surface area contributed by atoms with Gasteiger partial charge in [-0.1, -0.05) is 349 Å². The minimum absolute atomic E-state index is 0.0839. The Morgan fingerprint density at radius 2 is 0.584 bits per heavy atom. The van der Waals surface area contributed by atoms with E-state index in [1.54, 1.807) is 0 Å². The predicted molar refractivity (Wildman–Crippen MR) is 414 cm³/mol. The molecule has 19 heteroatoms. The molecule has 0 aliphatic carbocycles. The molecule has 0 radical (unpaired) electrons. The summed E-state index contributed by atoms with van der Waals surface area (Å²) in [6.45, 7) is 11.9. The molecule has 17 nitrogen and oxygen atoms in total. The van der Waals surface area contributed by atoms with Crippen molar-refractivity contribution in [1.29, 1.82) is 0 Å². The zero-order valence-corrected chi connectivity index (χ0v) is 67.6. The van der Waals surface area contributed by atoms with Crippen molar-refractivity contribution in [3.8, 4) is 0 Å². The van der Waals surface area contributed by atoms with Crippen molar-refractivity contribution in [3.63, 3.8) is 0 Å². The quantitative estimate of drug-likeness (QED) is 0.0169. The lowest BCUT2D eigenvalue weighted by Gasteiger charge is -2.21. The fraction of sp³-hybridized carbons (Fsp3) is 0.902. The fourth-order valence-corrected chi connectivity index (χ4v) is 13.7. The maximum atomic E-state index is 13.1. The Labute approximate surface area is 618 Å². The van der Waals surface area contributed by atoms with Crippen LogP contribution in [0.1, 0.15) is 402 Å². The van der Waals surface area contributed by atoms with Gasteiger partial charge in [-0.2, -0.15) is 0 Å². The molecule has 596 valence electrons. The van der Waals surface area contributed by atoms with Crippen molar-refractivity contribution < 1.29 is 80.2 Å². The standard InChI is InChI=1S/C82H156O17P2/c1-8-10-11-12-13-14-15-16-21-26-32-37-42-51-58-65-82(87)99-78(70-93-80(85)64-57-50-45-44-47-54-61-74(5)6)72-97-101(90,91)95-68-76(83)67-94-100(88,89)96-71-77(98-81(86)66-59-52-43-38-33-28-27-29-34-39-46-53-60-73(3)4)69-92-79(84)63-56-49-41-36-31-25-23-20-18-17-19-22-24-30-35-40-48-55-62-75(7)9-2/h14-16,21,73-78,83H,8-13,17-20,22-72H2,1-7H3,(H,88,89)(H,90,91)/b15-14-,21-16-/t75?,76-,77-,78-/m1/s1. The van der Waals surface area contributed by atoms with Crippen molar-refractivity contribution >= 4 is 39.5 Å². The van der Waals surface area contributed by atoms with Gasteiger partial charge in [-0.3, -0.25) is 37.3 Å². The first-order valence-corrected chi connectivity index (χ1v) is 44.7. The molecule has 0 aromatic rings. The van der Waals surface area contributed by atoms with Crippen molar-refractivity contribution in [1.82, 2.24) is 0 Å². The molecule has 101 heavy (non-hydrogen) atoms. The molecule has 0 saturated heterocycles. The summed E-state index contributed by atoms with van der Waals surface area (Å²) in [4.78, 5) is 73.0. The highest BCUT2D eigenvalue weighted by Gasteiger charge is 2.30. The molecule has 6 atom stereocenters. The number of aliphatic hydroxyl groups excluding tert-OH is 1. The van der Waals surface area contributed by atoms with Crippen molar-refractivity contribution in [2.45, 2.75) is 420 Å². The van der Waals surface area contributed by atoms with Gasteiger partial charge in [0, 0.05) is 25.7 Å². The Morgan fingerprint density at radius 1 is 0.327 bits per heavy atom. The van der Waals surface area contributed by atoms with E-state index < -0.39 is 97.5 Å². The van der Waals surface area contributed by atoms with Crippen molar-refractivity contribution in [2.24, 2.45) is 17.8 Å². The van der Waals surface area contributed by atoms with Gasteiger partial charge < -0.3 is 33.8 Å². The van der Waals surface area contributed by atoms with Crippen LogP contribution < -0.4 is 0 Å². The van der Waals surface area contributed by atoms with Crippen LogP contribution in [0.2, 0.25) is 0 Å². The minimum atomic E-state index is -4.97. The number of aliphatic hydroxyl groups is 1. The molecular weight excluding hydrogens is 1320 g/mol. The van der Waals surface area contributed by atoms with Gasteiger partial charge in [0.15, 0.2) is 12.2 Å². The number of allylic oxidation sites excluding steroid dienone is 4. The molecule has 0 saturated carbocycles. The molecule has 3 N–H and O–H groups in total. The van der Waals surface area contributed by atoms with E-state index in [4.69, 9.17) is 37.0 Å². The van der Waals surface area contributed by atoms with E-state index in [-0.39, 0.29) is 25.7 Å². The molecule has 3 unspecified atom stereocenters. The van der Waals surface area contributed by atoms with Crippen LogP contribution in [0.4, 0.5) is 0 Å². The normalized spacial score (nSPS) is 14.4. The highest BCUT2D eigenvalue weighted by atomic mass is 31.2. The van der Waals surface area contributed by atoms with E-state index in [0.717, 1.165) is 121 Å². The Kier molecular flexibility index (Phi) is 70.0. The van der Waals surface area contributed by atoms with Gasteiger partial charge in [0.2, 0.25) is 0 Å². The molecule has 0 aliphatic heterocycles. The average Bonchev–Trinajstić information content (AvgIpc) is 0.937. The number of ether oxygens (including phenoxy) is 4. The zero-order chi connectivity index (χ0) is 74.4. The van der Waals surface area contributed by atoms with Crippen LogP contribution in [0.3, 0.4) is 0 Å². The summed E-state index contributed by atoms with van der Waals surface area (Å²) in [5.74, 6) is 0.180. The number of phosphoric ester groups is 2. The predicted octanol–water partition coefficient (Wildman–Crippen LogP) is 24.1. The minimum Gasteiger partial charge on any atom is -0.462 e. The lowest BCUT2D eigenvalue weighted by molar-refractivity contribution is -0.161. The molecule has 0 rings (SSSR count). The van der Waals surface area contributed by atoms with Gasteiger partial charge in [0.05, 0.1) is 26.4 Å². The number of phosphoric acid groups is 2. The van der Waals surface area contributed by atoms with E-state index in [1.807, 2.05) is 0 Å². The highest BCUT2D eigenvalue weighted by molar-refractivity contribution is 7.47. The summed E-state index contributed by atoms with van der Waals surface area (Å²) in [6, 6.07) is 0. The summed E-state index contributed by atoms with van der Waals surface area (Å²) in [6.07, 6.45) is 63.5. The SMILES string of the molecule is CCCCCC/C=C\C=C/CCCCCCCC(=O)O[C@H](COC(=O)CCCCCCCCC(C)C)COP(=O)(O)OC[C@H](O)COP(=O)(O)OC[C@@H](COC(=O)CCCCCCCCCCCCCCCCCCCCC(C)CC)OC(=O)CCCCCCCCCCCCCCC(C)C. The number of esters is 4. The van der Waals surface area contributed by atoms with Gasteiger partial charge in [-0.05, 0) is 69.1 Å². The van der Waals surface area contributed by atoms with Crippen LogP contribution in [0.5, 0.6) is 0 Å². The van der Waals surface area contributed by atoms with Crippen LogP contribution in [-0.4, -0.2) is 96.7 Å². The summed E-state index contributed by atoms with van der Waals surface area (Å²) in [5.41, 5.74) is 0. The molecule has 0 bridgehead atoms. The molecule has 0 aromatic heterocycles. The molecule has 0 amide bonds. The molecule has 0 heterocycles. The van der Waals surface area contributed by atoms with E-state index in [9.17, 15) is 43.2 Å². The second-order valence-electron chi connectivity index (χ2n) is 30.0. The topological polar surface area (TPSA) is 237 Å². The maximum Gasteiger partial charge on any atom is 0.472 e. The number of carbonyl (C=O) groups is 4. The van der Waals surface area contributed by atoms with E-state index in [1.165, 1.54) is 193 Å². The van der Waals surface area contributed by atoms with Crippen LogP contribution in [0.25, 0.3) is 0 Å². The van der Waals surface area contributed by atoms with Crippen molar-refractivity contribution in [3.05, 3.63) is 24.3 Å². The van der Waals surface area contributed by atoms with E-state index in [2.05, 4.69) is 72.8 Å². The molecular formula is C82H156O17P2. The molecule has 0 fully saturated rings. The zero-order valence-electron chi connectivity index (χ0n) is 65.9. The largest absolute Gasteiger partial charge is 0.472 e. The lowest BCUT2D eigenvalue weighted by atomic mass is 9.99. The van der Waals surface area contributed by atoms with E-state index >= 15 is 0 Å². The first kappa shape index (κ1) is 98.5. The third-order valence-corrected chi connectivity index (χ3v) is 20.8. The lowest BCUT2D eigenvalue weighted by Crippen LogP contribution is -2.30. The summed E-state index contributed by atoms with van der Waals surface area (Å²) >= 11 is 0. The second-order valence-corrected chi connectivity index (χ2v) is 32.9. The van der Waals surface area contributed by atoms with Gasteiger partial charge >= 0.3 is 39.5 Å². The van der Waals surface area contributed by atoms with Gasteiger partial charge in [0.1, 0.15) is 19.3 Å². The number of unbranched alkanes of at least 4 members (excludes halogenated alkanes) is 42. The van der Waals surface area contributed by atoms with Crippen LogP contribution in [0, 0.1) is 17.8 Å². The first-order valence-electron chi connectivity index (χ1n) is 41.7. The number of hydrogen-bond acceptors (Lipinski definition) is 15. The van der Waals surface area contributed by atoms with Gasteiger partial charge in [0.25, 0.3) is 0 Å². The first-order chi connectivity index (χ1) is 48.8. The second kappa shape index (κ2) is 71.8. The third-order valence-electron chi connectivity index (χ3n) is 18.9. The summed E-state index contributed by atoms with van der Waals surface area (Å²) in [5, 5.41) is 10.6. The van der Waals surface area contributed by atoms with Crippen molar-refractivity contribution in [2.75, 3.05) is 39.6 Å². The molecule has 0 aliphatic rings. The van der Waals surface area contributed by atoms with E-state index in [0.29, 0.717) is 31.6 Å². The Hall–Kier alpha value is -2.46. The Balaban J connectivity index is 5.22. The van der Waals surface area contributed by atoms with Crippen LogP contribution in [-0.2, 0) is 65.4 Å². The average molecular weight is 1480 g/mol. The Bertz CT molecular complexity index is 2050. The maximum absolute atomic E-state index is 13.1.